The standard InChI is InChI=1S/C14H21N3/c1-11-9-12-13(16-10-11)3-2-4-14(12)17-7-5-15-6-8-17/h2-4,11,15-16H,5-10H2,1H3/t11-/m0/s1. The van der Waals surface area contributed by atoms with Crippen LogP contribution in [0.3, 0.4) is 0 Å². The number of fused-ring (bicyclic) bond motifs is 1. The number of rotatable bonds is 1. The Morgan fingerprint density at radius 1 is 1.24 bits per heavy atom. The fraction of sp³-hybridized carbons (Fsp3) is 0.571. The highest BCUT2D eigenvalue weighted by Crippen LogP contribution is 2.33. The van der Waals surface area contributed by atoms with Crippen LogP contribution in [0, 0.1) is 5.92 Å². The van der Waals surface area contributed by atoms with Crippen molar-refractivity contribution in [2.45, 2.75) is 13.3 Å². The minimum absolute atomic E-state index is 0.742. The van der Waals surface area contributed by atoms with Gasteiger partial charge in [0.2, 0.25) is 0 Å². The number of hydrogen-bond donors (Lipinski definition) is 2. The zero-order chi connectivity index (χ0) is 11.7. The molecule has 2 aliphatic heterocycles. The van der Waals surface area contributed by atoms with E-state index in [2.05, 4.69) is 40.7 Å². The minimum Gasteiger partial charge on any atom is -0.384 e. The van der Waals surface area contributed by atoms with Crippen molar-refractivity contribution < 1.29 is 0 Å². The Morgan fingerprint density at radius 2 is 2.06 bits per heavy atom. The lowest BCUT2D eigenvalue weighted by molar-refractivity contribution is 0.572. The summed E-state index contributed by atoms with van der Waals surface area (Å²) in [6.45, 7) is 7.90. The van der Waals surface area contributed by atoms with Crippen LogP contribution in [0.4, 0.5) is 11.4 Å². The van der Waals surface area contributed by atoms with E-state index in [1.807, 2.05) is 0 Å². The van der Waals surface area contributed by atoms with Crippen molar-refractivity contribution in [3.63, 3.8) is 0 Å². The number of anilines is 2. The first-order valence-corrected chi connectivity index (χ1v) is 6.66. The molecule has 17 heavy (non-hydrogen) atoms. The van der Waals surface area contributed by atoms with Crippen LogP contribution < -0.4 is 15.5 Å². The van der Waals surface area contributed by atoms with Crippen LogP contribution in [0.25, 0.3) is 0 Å². The molecule has 1 atom stereocenters. The molecule has 1 aromatic carbocycles. The molecular weight excluding hydrogens is 210 g/mol. The van der Waals surface area contributed by atoms with E-state index in [0.717, 1.165) is 38.6 Å². The Bertz CT molecular complexity index is 396. The Balaban J connectivity index is 1.93. The molecule has 3 heteroatoms. The van der Waals surface area contributed by atoms with Crippen LogP contribution in [-0.4, -0.2) is 32.7 Å². The van der Waals surface area contributed by atoms with Crippen molar-refractivity contribution in [3.8, 4) is 0 Å². The van der Waals surface area contributed by atoms with Crippen LogP contribution in [0.2, 0.25) is 0 Å². The average molecular weight is 231 g/mol. The van der Waals surface area contributed by atoms with Crippen LogP contribution in [0.15, 0.2) is 18.2 Å². The van der Waals surface area contributed by atoms with Crippen LogP contribution in [0.5, 0.6) is 0 Å². The van der Waals surface area contributed by atoms with Crippen LogP contribution >= 0.6 is 0 Å². The molecule has 0 unspecified atom stereocenters. The molecule has 92 valence electrons. The first-order chi connectivity index (χ1) is 8.34. The molecule has 2 heterocycles. The van der Waals surface area contributed by atoms with Gasteiger partial charge in [0.15, 0.2) is 0 Å². The normalized spacial score (nSPS) is 24.1. The van der Waals surface area contributed by atoms with E-state index in [9.17, 15) is 0 Å². The zero-order valence-electron chi connectivity index (χ0n) is 10.5. The predicted molar refractivity (Wildman–Crippen MR) is 72.9 cm³/mol. The van der Waals surface area contributed by atoms with Crippen molar-refractivity contribution >= 4 is 11.4 Å². The third-order valence-corrected chi connectivity index (χ3v) is 3.80. The Hall–Kier alpha value is -1.22. The monoisotopic (exact) mass is 231 g/mol. The Kier molecular flexibility index (Phi) is 2.93. The summed E-state index contributed by atoms with van der Waals surface area (Å²) in [6, 6.07) is 6.68. The smallest absolute Gasteiger partial charge is 0.0420 e. The number of piperazine rings is 1. The first kappa shape index (κ1) is 10.9. The van der Waals surface area contributed by atoms with E-state index in [1.54, 1.807) is 0 Å². The van der Waals surface area contributed by atoms with Gasteiger partial charge in [-0.25, -0.2) is 0 Å². The van der Waals surface area contributed by atoms with E-state index < -0.39 is 0 Å². The highest BCUT2D eigenvalue weighted by Gasteiger charge is 2.21. The number of nitrogens with zero attached hydrogens (tertiary/aromatic N) is 1. The number of benzene rings is 1. The van der Waals surface area contributed by atoms with Gasteiger partial charge in [-0.3, -0.25) is 0 Å². The molecule has 1 aromatic rings. The molecule has 2 N–H and O–H groups in total. The Morgan fingerprint density at radius 3 is 2.88 bits per heavy atom. The lowest BCUT2D eigenvalue weighted by atomic mass is 9.93. The van der Waals surface area contributed by atoms with E-state index in [1.165, 1.54) is 23.4 Å². The summed E-state index contributed by atoms with van der Waals surface area (Å²) in [5.41, 5.74) is 4.32. The van der Waals surface area contributed by atoms with E-state index in [-0.39, 0.29) is 0 Å². The lowest BCUT2D eigenvalue weighted by Gasteiger charge is -2.34. The summed E-state index contributed by atoms with van der Waals surface area (Å²) in [6.07, 6.45) is 1.21. The molecule has 3 nitrogen and oxygen atoms in total. The molecule has 0 aliphatic carbocycles. The third-order valence-electron chi connectivity index (χ3n) is 3.80. The fourth-order valence-corrected chi connectivity index (χ4v) is 2.86. The van der Waals surface area contributed by atoms with Gasteiger partial charge >= 0.3 is 0 Å². The van der Waals surface area contributed by atoms with E-state index in [0.29, 0.717) is 0 Å². The zero-order valence-corrected chi connectivity index (χ0v) is 10.5. The van der Waals surface area contributed by atoms with Gasteiger partial charge in [0, 0.05) is 44.1 Å². The minimum atomic E-state index is 0.742. The van der Waals surface area contributed by atoms with Crippen molar-refractivity contribution in [1.29, 1.82) is 0 Å². The molecule has 3 rings (SSSR count). The molecule has 2 aliphatic rings. The van der Waals surface area contributed by atoms with E-state index >= 15 is 0 Å². The van der Waals surface area contributed by atoms with Gasteiger partial charge in [-0.15, -0.1) is 0 Å². The summed E-state index contributed by atoms with van der Waals surface area (Å²) in [7, 11) is 0. The molecule has 1 saturated heterocycles. The largest absolute Gasteiger partial charge is 0.384 e. The van der Waals surface area contributed by atoms with E-state index in [4.69, 9.17) is 0 Å². The van der Waals surface area contributed by atoms with Gasteiger partial charge in [-0.05, 0) is 30.0 Å². The molecule has 0 spiro atoms. The molecule has 0 saturated carbocycles. The topological polar surface area (TPSA) is 27.3 Å². The van der Waals surface area contributed by atoms with Gasteiger partial charge in [0.25, 0.3) is 0 Å². The number of nitrogens with one attached hydrogen (secondary N) is 2. The summed E-state index contributed by atoms with van der Waals surface area (Å²) in [4.78, 5) is 2.52. The second kappa shape index (κ2) is 4.57. The highest BCUT2D eigenvalue weighted by molar-refractivity contribution is 5.68. The van der Waals surface area contributed by atoms with Gasteiger partial charge in [-0.2, -0.15) is 0 Å². The third kappa shape index (κ3) is 2.12. The average Bonchev–Trinajstić information content (AvgIpc) is 2.39. The maximum atomic E-state index is 3.55. The lowest BCUT2D eigenvalue weighted by Crippen LogP contribution is -2.44. The van der Waals surface area contributed by atoms with Gasteiger partial charge in [0.1, 0.15) is 0 Å². The molecule has 0 radical (unpaired) electrons. The molecular formula is C14H21N3. The molecule has 0 amide bonds. The second-order valence-electron chi connectivity index (χ2n) is 5.23. The summed E-state index contributed by atoms with van der Waals surface area (Å²) >= 11 is 0. The van der Waals surface area contributed by atoms with Gasteiger partial charge in [0.05, 0.1) is 0 Å². The maximum absolute atomic E-state index is 3.55. The SMILES string of the molecule is C[C@@H]1CNc2cccc(N3CCNCC3)c2C1. The predicted octanol–water partition coefficient (Wildman–Crippen LogP) is 1.70. The molecule has 0 bridgehead atoms. The van der Waals surface area contributed by atoms with Gasteiger partial charge in [-0.1, -0.05) is 13.0 Å². The quantitative estimate of drug-likeness (QED) is 0.770. The van der Waals surface area contributed by atoms with Crippen molar-refractivity contribution in [2.75, 3.05) is 42.9 Å². The molecule has 1 fully saturated rings. The van der Waals surface area contributed by atoms with Crippen LogP contribution in [-0.2, 0) is 6.42 Å². The summed E-state index contributed by atoms with van der Waals surface area (Å²) in [5.74, 6) is 0.742. The number of hydrogen-bond acceptors (Lipinski definition) is 3. The maximum Gasteiger partial charge on any atom is 0.0420 e. The van der Waals surface area contributed by atoms with Crippen molar-refractivity contribution in [3.05, 3.63) is 23.8 Å². The summed E-state index contributed by atoms with van der Waals surface area (Å²) < 4.78 is 0. The van der Waals surface area contributed by atoms with Crippen molar-refractivity contribution in [1.82, 2.24) is 5.32 Å². The van der Waals surface area contributed by atoms with Crippen LogP contribution in [0.1, 0.15) is 12.5 Å². The fourth-order valence-electron chi connectivity index (χ4n) is 2.86. The first-order valence-electron chi connectivity index (χ1n) is 6.66. The summed E-state index contributed by atoms with van der Waals surface area (Å²) in [5, 5.41) is 6.97. The van der Waals surface area contributed by atoms with Gasteiger partial charge < -0.3 is 15.5 Å². The Labute approximate surface area is 103 Å². The van der Waals surface area contributed by atoms with Crippen molar-refractivity contribution in [2.24, 2.45) is 5.92 Å². The molecule has 0 aromatic heterocycles. The highest BCUT2D eigenvalue weighted by atomic mass is 15.2. The second-order valence-corrected chi connectivity index (χ2v) is 5.23.